The molecule has 2 N–H and O–H groups in total. The number of esters is 1. The van der Waals surface area contributed by atoms with Crippen LogP contribution in [0.2, 0.25) is 0 Å². The van der Waals surface area contributed by atoms with E-state index in [2.05, 4.69) is 5.32 Å². The fourth-order valence-electron chi connectivity index (χ4n) is 2.55. The van der Waals surface area contributed by atoms with Crippen molar-refractivity contribution in [2.24, 2.45) is 5.92 Å². The molecule has 0 aromatic rings. The first-order valence-electron chi connectivity index (χ1n) is 7.36. The molecule has 0 saturated heterocycles. The average Bonchev–Trinajstić information content (AvgIpc) is 2.39. The normalized spacial score (nSPS) is 28.1. The second kappa shape index (κ2) is 8.74. The largest absolute Gasteiger partial charge is 0.466 e. The van der Waals surface area contributed by atoms with E-state index < -0.39 is 16.4 Å². The molecule has 1 atom stereocenters. The topological polar surface area (TPSA) is 75.6 Å². The summed E-state index contributed by atoms with van der Waals surface area (Å²) >= 11 is 0. The van der Waals surface area contributed by atoms with Gasteiger partial charge in [0.05, 0.1) is 18.1 Å². The number of carbonyl (C=O) groups is 1. The van der Waals surface area contributed by atoms with Crippen LogP contribution < -0.4 is 5.32 Å². The zero-order valence-corrected chi connectivity index (χ0v) is 13.3. The summed E-state index contributed by atoms with van der Waals surface area (Å²) in [7, 11) is -0.750. The van der Waals surface area contributed by atoms with Crippen molar-refractivity contribution in [3.05, 3.63) is 0 Å². The molecule has 20 heavy (non-hydrogen) atoms. The Bertz CT molecular complexity index is 327. The second-order valence-corrected chi connectivity index (χ2v) is 7.11. The highest BCUT2D eigenvalue weighted by atomic mass is 32.2. The van der Waals surface area contributed by atoms with E-state index in [0.717, 1.165) is 13.0 Å². The van der Waals surface area contributed by atoms with Crippen molar-refractivity contribution >= 4 is 16.8 Å². The van der Waals surface area contributed by atoms with Crippen LogP contribution in [0.5, 0.6) is 0 Å². The van der Waals surface area contributed by atoms with Gasteiger partial charge < -0.3 is 15.2 Å². The minimum atomic E-state index is -0.750. The summed E-state index contributed by atoms with van der Waals surface area (Å²) in [5, 5.41) is 13.7. The van der Waals surface area contributed by atoms with Crippen molar-refractivity contribution in [1.29, 1.82) is 0 Å². The van der Waals surface area contributed by atoms with E-state index in [0.29, 0.717) is 44.6 Å². The molecular formula is C14H27NO4S. The molecule has 5 nitrogen and oxygen atoms in total. The Balaban J connectivity index is 2.21. The first-order valence-corrected chi connectivity index (χ1v) is 9.09. The lowest BCUT2D eigenvalue weighted by Crippen LogP contribution is -2.45. The van der Waals surface area contributed by atoms with Gasteiger partial charge in [-0.15, -0.1) is 0 Å². The van der Waals surface area contributed by atoms with Crippen LogP contribution in [0.4, 0.5) is 0 Å². The molecule has 0 aromatic carbocycles. The third kappa shape index (κ3) is 6.33. The molecule has 0 amide bonds. The highest BCUT2D eigenvalue weighted by Gasteiger charge is 2.35. The summed E-state index contributed by atoms with van der Waals surface area (Å²) in [5.74, 6) is 0.502. The zero-order chi connectivity index (χ0) is 15.0. The van der Waals surface area contributed by atoms with Crippen LogP contribution in [0.25, 0.3) is 0 Å². The van der Waals surface area contributed by atoms with E-state index in [9.17, 15) is 14.1 Å². The molecule has 0 aromatic heterocycles. The van der Waals surface area contributed by atoms with E-state index in [1.807, 2.05) is 6.92 Å². The summed E-state index contributed by atoms with van der Waals surface area (Å²) in [4.78, 5) is 11.6. The fourth-order valence-corrected chi connectivity index (χ4v) is 3.10. The smallest absolute Gasteiger partial charge is 0.308 e. The second-order valence-electron chi connectivity index (χ2n) is 5.56. The van der Waals surface area contributed by atoms with Gasteiger partial charge in [0.15, 0.2) is 0 Å². The minimum absolute atomic E-state index is 0.0577. The van der Waals surface area contributed by atoms with Crippen LogP contribution in [0, 0.1) is 5.92 Å². The van der Waals surface area contributed by atoms with Crippen LogP contribution in [-0.2, 0) is 20.3 Å². The van der Waals surface area contributed by atoms with Gasteiger partial charge in [0.2, 0.25) is 0 Å². The van der Waals surface area contributed by atoms with Gasteiger partial charge in [-0.25, -0.2) is 0 Å². The average molecular weight is 305 g/mol. The lowest BCUT2D eigenvalue weighted by atomic mass is 9.79. The Morgan fingerprint density at radius 3 is 2.65 bits per heavy atom. The van der Waals surface area contributed by atoms with Crippen molar-refractivity contribution in [3.8, 4) is 0 Å². The van der Waals surface area contributed by atoms with Crippen molar-refractivity contribution in [1.82, 2.24) is 5.32 Å². The zero-order valence-electron chi connectivity index (χ0n) is 12.5. The molecule has 1 saturated carbocycles. The van der Waals surface area contributed by atoms with Gasteiger partial charge in [-0.3, -0.25) is 9.00 Å². The number of aliphatic hydroxyl groups is 1. The molecule has 6 heteroatoms. The van der Waals surface area contributed by atoms with E-state index in [4.69, 9.17) is 4.74 Å². The lowest BCUT2D eigenvalue weighted by Gasteiger charge is -2.35. The Hall–Kier alpha value is -0.460. The van der Waals surface area contributed by atoms with Gasteiger partial charge in [-0.2, -0.15) is 0 Å². The molecule has 1 unspecified atom stereocenters. The molecule has 1 aliphatic rings. The number of hydrogen-bond acceptors (Lipinski definition) is 5. The minimum Gasteiger partial charge on any atom is -0.466 e. The molecule has 118 valence electrons. The van der Waals surface area contributed by atoms with E-state index in [-0.39, 0.29) is 11.9 Å². The van der Waals surface area contributed by atoms with Crippen LogP contribution in [0.1, 0.15) is 39.0 Å². The van der Waals surface area contributed by atoms with E-state index >= 15 is 0 Å². The lowest BCUT2D eigenvalue weighted by molar-refractivity contribution is -0.151. The molecule has 0 radical (unpaired) electrons. The number of rotatable bonds is 8. The molecule has 0 heterocycles. The van der Waals surface area contributed by atoms with Crippen LogP contribution in [-0.4, -0.2) is 52.6 Å². The molecule has 0 bridgehead atoms. The molecule has 1 rings (SSSR count). The third-order valence-electron chi connectivity index (χ3n) is 3.78. The van der Waals surface area contributed by atoms with Crippen LogP contribution >= 0.6 is 0 Å². The maximum atomic E-state index is 11.6. The highest BCUT2D eigenvalue weighted by molar-refractivity contribution is 7.84. The van der Waals surface area contributed by atoms with Crippen LogP contribution in [0.3, 0.4) is 0 Å². The van der Waals surface area contributed by atoms with Crippen molar-refractivity contribution in [2.75, 3.05) is 31.7 Å². The van der Waals surface area contributed by atoms with Crippen molar-refractivity contribution in [3.63, 3.8) is 0 Å². The fraction of sp³-hybridized carbons (Fsp3) is 0.929. The van der Waals surface area contributed by atoms with Gasteiger partial charge in [-0.1, -0.05) is 0 Å². The van der Waals surface area contributed by atoms with Gasteiger partial charge in [0.1, 0.15) is 0 Å². The quantitative estimate of drug-likeness (QED) is 0.513. The van der Waals surface area contributed by atoms with Gasteiger partial charge in [-0.05, 0) is 45.6 Å². The number of nitrogens with one attached hydrogen (secondary N) is 1. The monoisotopic (exact) mass is 305 g/mol. The Morgan fingerprint density at radius 2 is 2.10 bits per heavy atom. The first-order chi connectivity index (χ1) is 9.47. The maximum absolute atomic E-state index is 11.6. The molecule has 0 spiro atoms. The molecule has 1 fully saturated rings. The van der Waals surface area contributed by atoms with Gasteiger partial charge in [0.25, 0.3) is 0 Å². The highest BCUT2D eigenvalue weighted by Crippen LogP contribution is 2.32. The summed E-state index contributed by atoms with van der Waals surface area (Å²) < 4.78 is 15.9. The molecule has 1 aliphatic carbocycles. The van der Waals surface area contributed by atoms with Crippen molar-refractivity contribution in [2.45, 2.75) is 44.6 Å². The number of ether oxygens (including phenoxy) is 1. The van der Waals surface area contributed by atoms with E-state index in [1.54, 1.807) is 6.26 Å². The van der Waals surface area contributed by atoms with Gasteiger partial charge >= 0.3 is 5.97 Å². The van der Waals surface area contributed by atoms with Crippen molar-refractivity contribution < 1.29 is 18.8 Å². The number of hydrogen-bond donors (Lipinski definition) is 2. The predicted molar refractivity (Wildman–Crippen MR) is 80.0 cm³/mol. The Labute approximate surface area is 123 Å². The Kier molecular flexibility index (Phi) is 7.69. The van der Waals surface area contributed by atoms with Gasteiger partial charge in [0, 0.05) is 29.4 Å². The summed E-state index contributed by atoms with van der Waals surface area (Å²) in [6.45, 7) is 3.53. The standard InChI is InChI=1S/C14H27NO4S/c1-3-19-13(16)12-5-7-14(17,8-6-12)11-15-9-4-10-20(2)18/h12,15,17H,3-11H2,1-2H3. The summed E-state index contributed by atoms with van der Waals surface area (Å²) in [5.41, 5.74) is -0.714. The van der Waals surface area contributed by atoms with E-state index in [1.165, 1.54) is 0 Å². The predicted octanol–water partition coefficient (Wildman–Crippen LogP) is 0.829. The first kappa shape index (κ1) is 17.6. The maximum Gasteiger partial charge on any atom is 0.308 e. The summed E-state index contributed by atoms with van der Waals surface area (Å²) in [6, 6.07) is 0. The third-order valence-corrected chi connectivity index (χ3v) is 4.64. The number of carbonyl (C=O) groups excluding carboxylic acids is 1. The molecule has 0 aliphatic heterocycles. The summed E-state index contributed by atoms with van der Waals surface area (Å²) in [6.07, 6.45) is 5.19. The Morgan fingerprint density at radius 1 is 1.45 bits per heavy atom. The SMILES string of the molecule is CCOC(=O)C1CCC(O)(CNCCCS(C)=O)CC1. The van der Waals surface area contributed by atoms with Crippen LogP contribution in [0.15, 0.2) is 0 Å². The molecular weight excluding hydrogens is 278 g/mol.